The van der Waals surface area contributed by atoms with E-state index in [0.29, 0.717) is 11.8 Å². The van der Waals surface area contributed by atoms with Gasteiger partial charge in [-0.25, -0.2) is 21.6 Å². The van der Waals surface area contributed by atoms with E-state index in [1.807, 2.05) is 6.92 Å². The standard InChI is InChI=1S/C16H16F3NO2S/c1-10(2)20(12-6-4-11(3)5-7-12)23(21,22)16-9-14(18)13(17)8-15(16)19/h4-10H,1-3H3. The summed E-state index contributed by atoms with van der Waals surface area (Å²) < 4.78 is 66.8. The van der Waals surface area contributed by atoms with E-state index in [-0.39, 0.29) is 6.07 Å². The van der Waals surface area contributed by atoms with E-state index in [1.165, 1.54) is 0 Å². The summed E-state index contributed by atoms with van der Waals surface area (Å²) in [6.45, 7) is 5.05. The molecule has 0 radical (unpaired) electrons. The Balaban J connectivity index is 2.63. The zero-order valence-corrected chi connectivity index (χ0v) is 13.7. The summed E-state index contributed by atoms with van der Waals surface area (Å²) >= 11 is 0. The summed E-state index contributed by atoms with van der Waals surface area (Å²) in [6, 6.07) is 6.62. The van der Waals surface area contributed by atoms with Crippen molar-refractivity contribution in [2.45, 2.75) is 31.7 Å². The van der Waals surface area contributed by atoms with Crippen LogP contribution in [0, 0.1) is 24.4 Å². The van der Waals surface area contributed by atoms with E-state index >= 15 is 0 Å². The molecule has 0 heterocycles. The molecule has 0 N–H and O–H groups in total. The van der Waals surface area contributed by atoms with Crippen molar-refractivity contribution in [2.24, 2.45) is 0 Å². The van der Waals surface area contributed by atoms with Crippen LogP contribution in [-0.4, -0.2) is 14.5 Å². The molecule has 0 amide bonds. The van der Waals surface area contributed by atoms with Crippen molar-refractivity contribution in [2.75, 3.05) is 4.31 Å². The molecule has 0 aliphatic carbocycles. The lowest BCUT2D eigenvalue weighted by molar-refractivity contribution is 0.481. The lowest BCUT2D eigenvalue weighted by atomic mass is 10.2. The molecule has 0 aliphatic heterocycles. The average Bonchev–Trinajstić information content (AvgIpc) is 2.44. The molecule has 0 bridgehead atoms. The fourth-order valence-electron chi connectivity index (χ4n) is 2.21. The minimum absolute atomic E-state index is 0.232. The fourth-order valence-corrected chi connectivity index (χ4v) is 3.94. The summed E-state index contributed by atoms with van der Waals surface area (Å²) in [5, 5.41) is 0. The van der Waals surface area contributed by atoms with E-state index in [1.54, 1.807) is 38.1 Å². The average molecular weight is 343 g/mol. The van der Waals surface area contributed by atoms with E-state index in [4.69, 9.17) is 0 Å². The Hall–Kier alpha value is -2.02. The van der Waals surface area contributed by atoms with Crippen molar-refractivity contribution in [3.05, 3.63) is 59.4 Å². The number of hydrogen-bond acceptors (Lipinski definition) is 2. The van der Waals surface area contributed by atoms with Gasteiger partial charge in [-0.1, -0.05) is 17.7 Å². The van der Waals surface area contributed by atoms with Gasteiger partial charge in [0.25, 0.3) is 10.0 Å². The second kappa shape index (κ2) is 6.23. The largest absolute Gasteiger partial charge is 0.267 e. The van der Waals surface area contributed by atoms with Gasteiger partial charge in [0.05, 0.1) is 5.69 Å². The van der Waals surface area contributed by atoms with Crippen LogP contribution in [0.3, 0.4) is 0 Å². The molecule has 7 heteroatoms. The van der Waals surface area contributed by atoms with Gasteiger partial charge in [-0.2, -0.15) is 0 Å². The third-order valence-electron chi connectivity index (χ3n) is 3.27. The van der Waals surface area contributed by atoms with Gasteiger partial charge in [0.2, 0.25) is 0 Å². The molecule has 0 saturated carbocycles. The highest BCUT2D eigenvalue weighted by molar-refractivity contribution is 7.92. The molecule has 2 aromatic rings. The third kappa shape index (κ3) is 3.34. The number of hydrogen-bond donors (Lipinski definition) is 0. The minimum atomic E-state index is -4.38. The predicted octanol–water partition coefficient (Wildman–Crippen LogP) is 4.02. The first-order valence-corrected chi connectivity index (χ1v) is 8.34. The lowest BCUT2D eigenvalue weighted by Crippen LogP contribution is -2.37. The van der Waals surface area contributed by atoms with Crippen LogP contribution in [0.1, 0.15) is 19.4 Å². The zero-order chi connectivity index (χ0) is 17.4. The maximum atomic E-state index is 13.9. The highest BCUT2D eigenvalue weighted by atomic mass is 32.2. The lowest BCUT2D eigenvalue weighted by Gasteiger charge is -2.28. The van der Waals surface area contributed by atoms with Gasteiger partial charge in [-0.15, -0.1) is 0 Å². The van der Waals surface area contributed by atoms with Gasteiger partial charge < -0.3 is 0 Å². The molecule has 0 aliphatic rings. The van der Waals surface area contributed by atoms with Crippen molar-refractivity contribution in [1.29, 1.82) is 0 Å². The Kier molecular flexibility index (Phi) is 4.70. The fraction of sp³-hybridized carbons (Fsp3) is 0.250. The summed E-state index contributed by atoms with van der Waals surface area (Å²) in [5.41, 5.74) is 1.24. The highest BCUT2D eigenvalue weighted by Crippen LogP contribution is 2.29. The molecule has 0 fully saturated rings. The Morgan fingerprint density at radius 1 is 0.913 bits per heavy atom. The molecule has 0 saturated heterocycles. The smallest absolute Gasteiger partial charge is 0.264 e. The first-order valence-electron chi connectivity index (χ1n) is 6.90. The predicted molar refractivity (Wildman–Crippen MR) is 82.3 cm³/mol. The van der Waals surface area contributed by atoms with Crippen LogP contribution < -0.4 is 4.31 Å². The first kappa shape index (κ1) is 17.3. The van der Waals surface area contributed by atoms with Gasteiger partial charge in [0, 0.05) is 18.2 Å². The van der Waals surface area contributed by atoms with Crippen molar-refractivity contribution in [3.63, 3.8) is 0 Å². The maximum Gasteiger partial charge on any atom is 0.267 e. The summed E-state index contributed by atoms with van der Waals surface area (Å²) in [5.74, 6) is -4.19. The highest BCUT2D eigenvalue weighted by Gasteiger charge is 2.31. The number of aryl methyl sites for hydroxylation is 1. The quantitative estimate of drug-likeness (QED) is 0.787. The number of sulfonamides is 1. The number of benzene rings is 2. The molecule has 3 nitrogen and oxygen atoms in total. The molecule has 0 aromatic heterocycles. The van der Waals surface area contributed by atoms with Crippen LogP contribution in [-0.2, 0) is 10.0 Å². The van der Waals surface area contributed by atoms with Gasteiger partial charge in [-0.05, 0) is 32.9 Å². The molecule has 0 unspecified atom stereocenters. The Labute approximate surface area is 133 Å². The number of nitrogens with zero attached hydrogens (tertiary/aromatic N) is 1. The molecule has 2 aromatic carbocycles. The Morgan fingerprint density at radius 3 is 1.96 bits per heavy atom. The van der Waals surface area contributed by atoms with E-state index < -0.39 is 38.4 Å². The molecular weight excluding hydrogens is 327 g/mol. The molecule has 0 spiro atoms. The van der Waals surface area contributed by atoms with Crippen molar-refractivity contribution >= 4 is 15.7 Å². The van der Waals surface area contributed by atoms with Crippen LogP contribution in [0.5, 0.6) is 0 Å². The SMILES string of the molecule is Cc1ccc(N(C(C)C)S(=O)(=O)c2cc(F)c(F)cc2F)cc1. The zero-order valence-electron chi connectivity index (χ0n) is 12.8. The topological polar surface area (TPSA) is 37.4 Å². The van der Waals surface area contributed by atoms with E-state index in [2.05, 4.69) is 0 Å². The maximum absolute atomic E-state index is 13.9. The minimum Gasteiger partial charge on any atom is -0.264 e. The van der Waals surface area contributed by atoms with Gasteiger partial charge in [0.15, 0.2) is 11.6 Å². The van der Waals surface area contributed by atoms with Gasteiger partial charge in [0.1, 0.15) is 10.7 Å². The van der Waals surface area contributed by atoms with Crippen LogP contribution in [0.15, 0.2) is 41.3 Å². The second-order valence-electron chi connectivity index (χ2n) is 5.43. The summed E-state index contributed by atoms with van der Waals surface area (Å²) in [6.07, 6.45) is 0. The summed E-state index contributed by atoms with van der Waals surface area (Å²) in [4.78, 5) is -0.898. The van der Waals surface area contributed by atoms with Crippen molar-refractivity contribution < 1.29 is 21.6 Å². The van der Waals surface area contributed by atoms with Crippen LogP contribution in [0.4, 0.5) is 18.9 Å². The Bertz CT molecular complexity index is 818. The van der Waals surface area contributed by atoms with Crippen LogP contribution in [0.2, 0.25) is 0 Å². The van der Waals surface area contributed by atoms with Gasteiger partial charge >= 0.3 is 0 Å². The summed E-state index contributed by atoms with van der Waals surface area (Å²) in [7, 11) is -4.38. The van der Waals surface area contributed by atoms with Crippen LogP contribution >= 0.6 is 0 Å². The van der Waals surface area contributed by atoms with E-state index in [9.17, 15) is 21.6 Å². The van der Waals surface area contributed by atoms with Crippen molar-refractivity contribution in [1.82, 2.24) is 0 Å². The molecular formula is C16H16F3NO2S. The number of anilines is 1. The normalized spacial score (nSPS) is 11.8. The Morgan fingerprint density at radius 2 is 1.43 bits per heavy atom. The van der Waals surface area contributed by atoms with E-state index in [0.717, 1.165) is 9.87 Å². The monoisotopic (exact) mass is 343 g/mol. The molecule has 2 rings (SSSR count). The number of halogens is 3. The first-order chi connectivity index (χ1) is 10.6. The molecule has 23 heavy (non-hydrogen) atoms. The van der Waals surface area contributed by atoms with Crippen LogP contribution in [0.25, 0.3) is 0 Å². The van der Waals surface area contributed by atoms with Gasteiger partial charge in [-0.3, -0.25) is 4.31 Å². The molecule has 124 valence electrons. The van der Waals surface area contributed by atoms with Crippen molar-refractivity contribution in [3.8, 4) is 0 Å². The second-order valence-corrected chi connectivity index (χ2v) is 7.21. The molecule has 0 atom stereocenters. The third-order valence-corrected chi connectivity index (χ3v) is 5.29. The number of rotatable bonds is 4.